The second-order valence-electron chi connectivity index (χ2n) is 6.20. The molecule has 1 aliphatic heterocycles. The molecule has 2 N–H and O–H groups in total. The van der Waals surface area contributed by atoms with Gasteiger partial charge in [-0.3, -0.25) is 4.79 Å². The Morgan fingerprint density at radius 3 is 2.57 bits per heavy atom. The van der Waals surface area contributed by atoms with Crippen molar-refractivity contribution in [1.82, 2.24) is 4.90 Å². The highest BCUT2D eigenvalue weighted by atomic mass is 16.2. The largest absolute Gasteiger partial charge is 0.399 e. The fraction of sp³-hybridized carbons (Fsp3) is 0.588. The second kappa shape index (κ2) is 6.83. The van der Waals surface area contributed by atoms with E-state index in [2.05, 4.69) is 11.8 Å². The fourth-order valence-electron chi connectivity index (χ4n) is 3.10. The third-order valence-corrected chi connectivity index (χ3v) is 4.31. The van der Waals surface area contributed by atoms with E-state index in [1.165, 1.54) is 25.7 Å². The zero-order valence-corrected chi connectivity index (χ0v) is 13.4. The van der Waals surface area contributed by atoms with Crippen LogP contribution in [0.5, 0.6) is 0 Å². The lowest BCUT2D eigenvalue weighted by atomic mass is 9.92. The van der Waals surface area contributed by atoms with Crippen molar-refractivity contribution in [2.24, 2.45) is 5.92 Å². The monoisotopic (exact) mass is 289 g/mol. The minimum absolute atomic E-state index is 0.0423. The number of amides is 1. The molecule has 1 aromatic rings. The van der Waals surface area contributed by atoms with Crippen LogP contribution in [-0.4, -0.2) is 38.0 Å². The summed E-state index contributed by atoms with van der Waals surface area (Å²) in [5.74, 6) is 0.876. The molecule has 116 valence electrons. The predicted molar refractivity (Wildman–Crippen MR) is 88.7 cm³/mol. The van der Waals surface area contributed by atoms with Crippen LogP contribution in [0.4, 0.5) is 11.4 Å². The van der Waals surface area contributed by atoms with Gasteiger partial charge in [-0.2, -0.15) is 0 Å². The summed E-state index contributed by atoms with van der Waals surface area (Å²) in [6.07, 6.45) is 4.98. The molecular formula is C17H27N3O. The van der Waals surface area contributed by atoms with Crippen molar-refractivity contribution < 1.29 is 4.79 Å². The number of carbonyl (C=O) groups is 1. The molecule has 1 heterocycles. The Balaban J connectivity index is 2.19. The minimum atomic E-state index is 0.0423. The molecule has 0 radical (unpaired) electrons. The van der Waals surface area contributed by atoms with Gasteiger partial charge >= 0.3 is 0 Å². The van der Waals surface area contributed by atoms with Crippen molar-refractivity contribution in [2.75, 3.05) is 37.8 Å². The first-order chi connectivity index (χ1) is 10.0. The molecule has 1 aliphatic rings. The maximum Gasteiger partial charge on any atom is 0.255 e. The molecule has 0 aromatic heterocycles. The van der Waals surface area contributed by atoms with Gasteiger partial charge in [-0.15, -0.1) is 0 Å². The Morgan fingerprint density at radius 1 is 1.33 bits per heavy atom. The highest BCUT2D eigenvalue weighted by Gasteiger charge is 2.23. The number of nitrogens with two attached hydrogens (primary N) is 1. The molecule has 1 saturated heterocycles. The molecule has 4 nitrogen and oxygen atoms in total. The van der Waals surface area contributed by atoms with Gasteiger partial charge in [0, 0.05) is 32.9 Å². The lowest BCUT2D eigenvalue weighted by Crippen LogP contribution is -2.35. The number of nitrogen functional groups attached to an aromatic ring is 1. The zero-order chi connectivity index (χ0) is 15.4. The van der Waals surface area contributed by atoms with E-state index in [4.69, 9.17) is 5.73 Å². The van der Waals surface area contributed by atoms with E-state index < -0.39 is 0 Å². The Bertz CT molecular complexity index is 491. The standard InChI is InChI=1S/C17H27N3O/c1-4-5-13-8-10-20(11-9-13)16-12-14(18)6-7-15(16)17(21)19(2)3/h6-7,12-13H,4-5,8-11,18H2,1-3H3. The summed E-state index contributed by atoms with van der Waals surface area (Å²) in [6, 6.07) is 5.60. The molecule has 0 atom stereocenters. The summed E-state index contributed by atoms with van der Waals surface area (Å²) in [6.45, 7) is 4.28. The third-order valence-electron chi connectivity index (χ3n) is 4.31. The van der Waals surface area contributed by atoms with Crippen molar-refractivity contribution >= 4 is 17.3 Å². The van der Waals surface area contributed by atoms with Gasteiger partial charge in [0.05, 0.1) is 11.3 Å². The third kappa shape index (κ3) is 3.69. The van der Waals surface area contributed by atoms with E-state index in [-0.39, 0.29) is 5.91 Å². The molecule has 0 bridgehead atoms. The first-order valence-electron chi connectivity index (χ1n) is 7.89. The average molecular weight is 289 g/mol. The molecule has 21 heavy (non-hydrogen) atoms. The fourth-order valence-corrected chi connectivity index (χ4v) is 3.10. The molecular weight excluding hydrogens is 262 g/mol. The number of rotatable bonds is 4. The van der Waals surface area contributed by atoms with Crippen molar-refractivity contribution in [3.8, 4) is 0 Å². The molecule has 1 fully saturated rings. The highest BCUT2D eigenvalue weighted by molar-refractivity contribution is 6.00. The van der Waals surface area contributed by atoms with Crippen LogP contribution in [0.15, 0.2) is 18.2 Å². The Morgan fingerprint density at radius 2 is 2.00 bits per heavy atom. The highest BCUT2D eigenvalue weighted by Crippen LogP contribution is 2.30. The van der Waals surface area contributed by atoms with E-state index in [9.17, 15) is 4.79 Å². The number of anilines is 2. The Hall–Kier alpha value is -1.71. The zero-order valence-electron chi connectivity index (χ0n) is 13.4. The van der Waals surface area contributed by atoms with Crippen LogP contribution >= 0.6 is 0 Å². The van der Waals surface area contributed by atoms with Crippen LogP contribution in [0.3, 0.4) is 0 Å². The first-order valence-corrected chi connectivity index (χ1v) is 7.89. The summed E-state index contributed by atoms with van der Waals surface area (Å²) in [7, 11) is 3.58. The predicted octanol–water partition coefficient (Wildman–Crippen LogP) is 2.99. The van der Waals surface area contributed by atoms with E-state index in [1.54, 1.807) is 19.0 Å². The summed E-state index contributed by atoms with van der Waals surface area (Å²) < 4.78 is 0. The second-order valence-corrected chi connectivity index (χ2v) is 6.20. The first kappa shape index (κ1) is 15.7. The van der Waals surface area contributed by atoms with Gasteiger partial charge in [-0.25, -0.2) is 0 Å². The van der Waals surface area contributed by atoms with Gasteiger partial charge in [0.15, 0.2) is 0 Å². The number of piperidine rings is 1. The summed E-state index contributed by atoms with van der Waals surface area (Å²) >= 11 is 0. The normalized spacial score (nSPS) is 16.0. The number of carbonyl (C=O) groups excluding carboxylic acids is 1. The van der Waals surface area contributed by atoms with Crippen molar-refractivity contribution in [1.29, 1.82) is 0 Å². The molecule has 0 spiro atoms. The van der Waals surface area contributed by atoms with E-state index in [0.717, 1.165) is 35.9 Å². The van der Waals surface area contributed by atoms with Gasteiger partial charge in [0.25, 0.3) is 5.91 Å². The Labute approximate surface area is 127 Å². The number of hydrogen-bond donors (Lipinski definition) is 1. The SMILES string of the molecule is CCCC1CCN(c2cc(N)ccc2C(=O)N(C)C)CC1. The molecule has 0 unspecified atom stereocenters. The maximum absolute atomic E-state index is 12.3. The van der Waals surface area contributed by atoms with Crippen LogP contribution in [0.25, 0.3) is 0 Å². The molecule has 4 heteroatoms. The topological polar surface area (TPSA) is 49.6 Å². The minimum Gasteiger partial charge on any atom is -0.399 e. The van der Waals surface area contributed by atoms with Crippen molar-refractivity contribution in [3.63, 3.8) is 0 Å². The van der Waals surface area contributed by atoms with Gasteiger partial charge in [0.1, 0.15) is 0 Å². The van der Waals surface area contributed by atoms with Crippen LogP contribution in [0.1, 0.15) is 43.0 Å². The number of nitrogens with zero attached hydrogens (tertiary/aromatic N) is 2. The summed E-state index contributed by atoms with van der Waals surface area (Å²) in [5, 5.41) is 0. The smallest absolute Gasteiger partial charge is 0.255 e. The van der Waals surface area contributed by atoms with Crippen LogP contribution in [0, 0.1) is 5.92 Å². The molecule has 0 aliphatic carbocycles. The van der Waals surface area contributed by atoms with Crippen LogP contribution < -0.4 is 10.6 Å². The van der Waals surface area contributed by atoms with Gasteiger partial charge < -0.3 is 15.5 Å². The van der Waals surface area contributed by atoms with E-state index in [1.807, 2.05) is 18.2 Å². The average Bonchev–Trinajstić information content (AvgIpc) is 2.47. The maximum atomic E-state index is 12.3. The van der Waals surface area contributed by atoms with E-state index >= 15 is 0 Å². The lowest BCUT2D eigenvalue weighted by Gasteiger charge is -2.35. The summed E-state index contributed by atoms with van der Waals surface area (Å²) in [5.41, 5.74) is 8.39. The molecule has 1 aromatic carbocycles. The van der Waals surface area contributed by atoms with Gasteiger partial charge in [-0.05, 0) is 37.0 Å². The molecule has 0 saturated carbocycles. The van der Waals surface area contributed by atoms with Crippen LogP contribution in [0.2, 0.25) is 0 Å². The molecule has 2 rings (SSSR count). The lowest BCUT2D eigenvalue weighted by molar-refractivity contribution is 0.0828. The quantitative estimate of drug-likeness (QED) is 0.867. The van der Waals surface area contributed by atoms with Crippen molar-refractivity contribution in [2.45, 2.75) is 32.6 Å². The summed E-state index contributed by atoms with van der Waals surface area (Å²) in [4.78, 5) is 16.3. The van der Waals surface area contributed by atoms with Crippen molar-refractivity contribution in [3.05, 3.63) is 23.8 Å². The van der Waals surface area contributed by atoms with E-state index in [0.29, 0.717) is 0 Å². The molecule has 1 amide bonds. The van der Waals surface area contributed by atoms with Gasteiger partial charge in [0.2, 0.25) is 0 Å². The van der Waals surface area contributed by atoms with Gasteiger partial charge in [-0.1, -0.05) is 19.8 Å². The number of hydrogen-bond acceptors (Lipinski definition) is 3. The van der Waals surface area contributed by atoms with Crippen LogP contribution in [-0.2, 0) is 0 Å². The number of benzene rings is 1. The Kier molecular flexibility index (Phi) is 5.10.